The molecule has 3 N–H and O–H groups in total. The maximum absolute atomic E-state index is 10.8. The van der Waals surface area contributed by atoms with Gasteiger partial charge in [0.25, 0.3) is 0 Å². The van der Waals surface area contributed by atoms with Gasteiger partial charge < -0.3 is 15.5 Å². The normalized spacial score (nSPS) is 21.1. The molecule has 2 heterocycles. The van der Waals surface area contributed by atoms with E-state index in [9.17, 15) is 4.79 Å². The number of nitrogens with one attached hydrogen (secondary N) is 1. The minimum atomic E-state index is -0.286. The first-order valence-electron chi connectivity index (χ1n) is 4.35. The summed E-state index contributed by atoms with van der Waals surface area (Å²) < 4.78 is 5.28. The van der Waals surface area contributed by atoms with Gasteiger partial charge in [-0.2, -0.15) is 0 Å². The van der Waals surface area contributed by atoms with E-state index in [1.807, 2.05) is 6.07 Å². The highest BCUT2D eigenvalue weighted by Crippen LogP contribution is 2.25. The molecule has 1 aromatic heterocycles. The van der Waals surface area contributed by atoms with Crippen LogP contribution in [0.5, 0.6) is 0 Å². The molecule has 0 spiro atoms. The molecule has 70 valence electrons. The first kappa shape index (κ1) is 8.31. The average molecular weight is 180 g/mol. The molecule has 1 aromatic rings. The summed E-state index contributed by atoms with van der Waals surface area (Å²) in [5.74, 6) is 0.691. The van der Waals surface area contributed by atoms with Crippen LogP contribution in [0.1, 0.15) is 23.8 Å². The lowest BCUT2D eigenvalue weighted by Crippen LogP contribution is -2.32. The minimum absolute atomic E-state index is 0.0417. The molecule has 0 bridgehead atoms. The zero-order valence-corrected chi connectivity index (χ0v) is 7.25. The third kappa shape index (κ3) is 1.58. The van der Waals surface area contributed by atoms with E-state index in [4.69, 9.17) is 10.2 Å². The Balaban J connectivity index is 2.20. The zero-order chi connectivity index (χ0) is 9.26. The summed E-state index contributed by atoms with van der Waals surface area (Å²) in [7, 11) is 0. The summed E-state index contributed by atoms with van der Waals surface area (Å²) >= 11 is 0. The van der Waals surface area contributed by atoms with Crippen LogP contribution in [0.2, 0.25) is 0 Å². The highest BCUT2D eigenvalue weighted by Gasteiger charge is 2.23. The van der Waals surface area contributed by atoms with Crippen molar-refractivity contribution in [3.63, 3.8) is 0 Å². The molecule has 1 amide bonds. The molecule has 0 saturated carbocycles. The number of carbonyl (C=O) groups excluding carboxylic acids is 1. The number of nitrogens with two attached hydrogens (primary N) is 1. The number of primary amides is 1. The van der Waals surface area contributed by atoms with Gasteiger partial charge in [-0.25, -0.2) is 0 Å². The van der Waals surface area contributed by atoms with Crippen molar-refractivity contribution in [1.82, 2.24) is 5.32 Å². The molecular formula is C9H12N2O2. The van der Waals surface area contributed by atoms with Gasteiger partial charge in [0.15, 0.2) is 0 Å². The lowest BCUT2D eigenvalue weighted by molar-refractivity contribution is -0.118. The van der Waals surface area contributed by atoms with E-state index in [1.165, 1.54) is 0 Å². The molecular weight excluding hydrogens is 168 g/mol. The molecule has 4 nitrogen and oxygen atoms in total. The Morgan fingerprint density at radius 1 is 1.77 bits per heavy atom. The third-order valence-corrected chi connectivity index (χ3v) is 2.30. The Bertz CT molecular complexity index is 319. The largest absolute Gasteiger partial charge is 0.469 e. The molecule has 2 rings (SSSR count). The summed E-state index contributed by atoms with van der Waals surface area (Å²) in [5, 5.41) is 3.23. The molecule has 0 aromatic carbocycles. The van der Waals surface area contributed by atoms with Crippen molar-refractivity contribution in [3.8, 4) is 0 Å². The average Bonchev–Trinajstić information content (AvgIpc) is 2.51. The standard InChI is InChI=1S/C9H12N2O2/c10-9(12)5-7-6-2-4-13-8(6)1-3-11-7/h2,4,7,11H,1,3,5H2,(H2,10,12). The predicted molar refractivity (Wildman–Crippen MR) is 47.0 cm³/mol. The number of fused-ring (bicyclic) bond motifs is 1. The number of carbonyl (C=O) groups is 1. The molecule has 0 radical (unpaired) electrons. The second kappa shape index (κ2) is 3.22. The van der Waals surface area contributed by atoms with Gasteiger partial charge in [-0.3, -0.25) is 4.79 Å². The van der Waals surface area contributed by atoms with Crippen molar-refractivity contribution in [2.45, 2.75) is 18.9 Å². The van der Waals surface area contributed by atoms with E-state index in [-0.39, 0.29) is 11.9 Å². The molecule has 1 aliphatic heterocycles. The fraction of sp³-hybridized carbons (Fsp3) is 0.444. The first-order chi connectivity index (χ1) is 6.27. The van der Waals surface area contributed by atoms with Crippen molar-refractivity contribution >= 4 is 5.91 Å². The number of furan rings is 1. The van der Waals surface area contributed by atoms with Crippen LogP contribution >= 0.6 is 0 Å². The summed E-state index contributed by atoms with van der Waals surface area (Å²) in [4.78, 5) is 10.8. The van der Waals surface area contributed by atoms with Crippen LogP contribution in [0.25, 0.3) is 0 Å². The lowest BCUT2D eigenvalue weighted by Gasteiger charge is -2.21. The molecule has 0 aliphatic carbocycles. The van der Waals surface area contributed by atoms with E-state index in [1.54, 1.807) is 6.26 Å². The SMILES string of the molecule is NC(=O)CC1NCCc2occc21. The molecule has 1 unspecified atom stereocenters. The molecule has 0 saturated heterocycles. The highest BCUT2D eigenvalue weighted by molar-refractivity contribution is 5.74. The fourth-order valence-electron chi connectivity index (χ4n) is 1.72. The number of hydrogen-bond donors (Lipinski definition) is 2. The molecule has 0 fully saturated rings. The van der Waals surface area contributed by atoms with Crippen molar-refractivity contribution in [2.24, 2.45) is 5.73 Å². The number of hydrogen-bond acceptors (Lipinski definition) is 3. The molecule has 13 heavy (non-hydrogen) atoms. The highest BCUT2D eigenvalue weighted by atomic mass is 16.3. The van der Waals surface area contributed by atoms with E-state index >= 15 is 0 Å². The van der Waals surface area contributed by atoms with Gasteiger partial charge in [0, 0.05) is 31.0 Å². The topological polar surface area (TPSA) is 68.3 Å². The Morgan fingerprint density at radius 2 is 2.62 bits per heavy atom. The van der Waals surface area contributed by atoms with Crippen LogP contribution in [0.15, 0.2) is 16.7 Å². The van der Waals surface area contributed by atoms with E-state index in [2.05, 4.69) is 5.32 Å². The maximum atomic E-state index is 10.8. The minimum Gasteiger partial charge on any atom is -0.469 e. The Hall–Kier alpha value is -1.29. The van der Waals surface area contributed by atoms with Crippen molar-refractivity contribution < 1.29 is 9.21 Å². The van der Waals surface area contributed by atoms with Gasteiger partial charge >= 0.3 is 0 Å². The summed E-state index contributed by atoms with van der Waals surface area (Å²) in [6, 6.07) is 1.94. The molecule has 1 aliphatic rings. The van der Waals surface area contributed by atoms with Crippen molar-refractivity contribution in [2.75, 3.05) is 6.54 Å². The van der Waals surface area contributed by atoms with Crippen LogP contribution in [0.3, 0.4) is 0 Å². The quantitative estimate of drug-likeness (QED) is 0.689. The number of rotatable bonds is 2. The van der Waals surface area contributed by atoms with Gasteiger partial charge in [-0.15, -0.1) is 0 Å². The lowest BCUT2D eigenvalue weighted by atomic mass is 9.99. The summed E-state index contributed by atoms with van der Waals surface area (Å²) in [6.45, 7) is 0.846. The van der Waals surface area contributed by atoms with Gasteiger partial charge in [0.1, 0.15) is 5.76 Å². The third-order valence-electron chi connectivity index (χ3n) is 2.30. The number of amides is 1. The monoisotopic (exact) mass is 180 g/mol. The maximum Gasteiger partial charge on any atom is 0.219 e. The fourth-order valence-corrected chi connectivity index (χ4v) is 1.72. The van der Waals surface area contributed by atoms with Gasteiger partial charge in [-0.05, 0) is 6.07 Å². The second-order valence-corrected chi connectivity index (χ2v) is 3.23. The van der Waals surface area contributed by atoms with Gasteiger partial charge in [-0.1, -0.05) is 0 Å². The van der Waals surface area contributed by atoms with Crippen LogP contribution in [0.4, 0.5) is 0 Å². The van der Waals surface area contributed by atoms with Gasteiger partial charge in [0.2, 0.25) is 5.91 Å². The summed E-state index contributed by atoms with van der Waals surface area (Å²) in [5.41, 5.74) is 6.21. The Morgan fingerprint density at radius 3 is 3.38 bits per heavy atom. The van der Waals surface area contributed by atoms with Crippen LogP contribution in [-0.2, 0) is 11.2 Å². The first-order valence-corrected chi connectivity index (χ1v) is 4.35. The Labute approximate surface area is 76.1 Å². The van der Waals surface area contributed by atoms with E-state index in [0.717, 1.165) is 24.3 Å². The van der Waals surface area contributed by atoms with Crippen LogP contribution in [0, 0.1) is 0 Å². The Kier molecular flexibility index (Phi) is 2.06. The van der Waals surface area contributed by atoms with Gasteiger partial charge in [0.05, 0.1) is 6.26 Å². The smallest absolute Gasteiger partial charge is 0.219 e. The molecule has 1 atom stereocenters. The van der Waals surface area contributed by atoms with Crippen molar-refractivity contribution in [1.29, 1.82) is 0 Å². The van der Waals surface area contributed by atoms with E-state index in [0.29, 0.717) is 6.42 Å². The molecule has 4 heteroatoms. The predicted octanol–water partition coefficient (Wildman–Crippen LogP) is 0.342. The van der Waals surface area contributed by atoms with E-state index < -0.39 is 0 Å². The summed E-state index contributed by atoms with van der Waals surface area (Å²) in [6.07, 6.45) is 2.88. The second-order valence-electron chi connectivity index (χ2n) is 3.23. The van der Waals surface area contributed by atoms with Crippen LogP contribution in [-0.4, -0.2) is 12.5 Å². The van der Waals surface area contributed by atoms with Crippen LogP contribution < -0.4 is 11.1 Å². The zero-order valence-electron chi connectivity index (χ0n) is 7.25. The van der Waals surface area contributed by atoms with Crippen molar-refractivity contribution in [3.05, 3.63) is 23.7 Å².